The summed E-state index contributed by atoms with van der Waals surface area (Å²) in [6.45, 7) is 3.04. The number of rotatable bonds is 6. The van der Waals surface area contributed by atoms with Crippen LogP contribution in [0.3, 0.4) is 0 Å². The molecule has 1 aromatic rings. The number of nitrogens with zero attached hydrogens (tertiary/aromatic N) is 1. The maximum atomic E-state index is 12.5. The summed E-state index contributed by atoms with van der Waals surface area (Å²) in [7, 11) is 0. The minimum atomic E-state index is -1.65. The van der Waals surface area contributed by atoms with E-state index in [1.807, 2.05) is 0 Å². The first-order valence-corrected chi connectivity index (χ1v) is 8.72. The van der Waals surface area contributed by atoms with Gasteiger partial charge >= 0.3 is 17.9 Å². The van der Waals surface area contributed by atoms with Gasteiger partial charge in [0.15, 0.2) is 18.5 Å². The fourth-order valence-corrected chi connectivity index (χ4v) is 2.80. The van der Waals surface area contributed by atoms with E-state index in [2.05, 4.69) is 10.3 Å². The van der Waals surface area contributed by atoms with E-state index in [4.69, 9.17) is 18.9 Å². The molecule has 2 N–H and O–H groups in total. The summed E-state index contributed by atoms with van der Waals surface area (Å²) in [5, 5.41) is 12.9. The summed E-state index contributed by atoms with van der Waals surface area (Å²) >= 11 is 0. The van der Waals surface area contributed by atoms with Crippen LogP contribution in [-0.4, -0.2) is 71.2 Å². The molecule has 2 rings (SSSR count). The highest BCUT2D eigenvalue weighted by molar-refractivity contribution is 5.92. The third kappa shape index (κ3) is 6.22. The zero-order valence-electron chi connectivity index (χ0n) is 16.1. The fourth-order valence-electron chi connectivity index (χ4n) is 2.80. The first-order chi connectivity index (χ1) is 13.7. The van der Waals surface area contributed by atoms with Gasteiger partial charge in [0.05, 0.1) is 0 Å². The second-order valence-corrected chi connectivity index (χ2v) is 6.23. The van der Waals surface area contributed by atoms with Crippen LogP contribution >= 0.6 is 0 Å². The standard InChI is InChI=1S/C18H22N2O9/c1-9(21)26-8-13-15(27-10(2)22)16(28-11(3)23)14(18(25)29-13)20-17(24)12-6-4-5-7-19-12/h4-7,13-16,18,25H,8H2,1-3H3,(H,20,24). The lowest BCUT2D eigenvalue weighted by Crippen LogP contribution is -2.66. The second kappa shape index (κ2) is 9.94. The van der Waals surface area contributed by atoms with Gasteiger partial charge in [-0.05, 0) is 12.1 Å². The van der Waals surface area contributed by atoms with Gasteiger partial charge in [0, 0.05) is 27.0 Å². The number of hydrogen-bond acceptors (Lipinski definition) is 10. The Kier molecular flexibility index (Phi) is 7.62. The molecule has 1 amide bonds. The number of aliphatic hydroxyl groups excluding tert-OH is 1. The van der Waals surface area contributed by atoms with Gasteiger partial charge in [-0.25, -0.2) is 0 Å². The van der Waals surface area contributed by atoms with E-state index in [0.717, 1.165) is 13.8 Å². The molecular formula is C18H22N2O9. The van der Waals surface area contributed by atoms with E-state index in [9.17, 15) is 24.3 Å². The molecule has 1 saturated heterocycles. The highest BCUT2D eigenvalue weighted by atomic mass is 16.7. The highest BCUT2D eigenvalue weighted by Crippen LogP contribution is 2.26. The van der Waals surface area contributed by atoms with Crippen LogP contribution in [0.5, 0.6) is 0 Å². The molecule has 1 fully saturated rings. The van der Waals surface area contributed by atoms with Crippen molar-refractivity contribution in [3.63, 3.8) is 0 Å². The van der Waals surface area contributed by atoms with Gasteiger partial charge in [-0.15, -0.1) is 0 Å². The minimum Gasteiger partial charge on any atom is -0.463 e. The van der Waals surface area contributed by atoms with Crippen LogP contribution in [0.25, 0.3) is 0 Å². The Bertz CT molecular complexity index is 755. The second-order valence-electron chi connectivity index (χ2n) is 6.23. The molecular weight excluding hydrogens is 388 g/mol. The fraction of sp³-hybridized carbons (Fsp3) is 0.500. The number of ether oxygens (including phenoxy) is 4. The van der Waals surface area contributed by atoms with Gasteiger partial charge in [-0.3, -0.25) is 24.2 Å². The first-order valence-electron chi connectivity index (χ1n) is 8.72. The maximum Gasteiger partial charge on any atom is 0.303 e. The van der Waals surface area contributed by atoms with Crippen molar-refractivity contribution < 1.29 is 43.2 Å². The lowest BCUT2D eigenvalue weighted by atomic mass is 9.96. The number of carbonyl (C=O) groups excluding carboxylic acids is 4. The predicted molar refractivity (Wildman–Crippen MR) is 94.1 cm³/mol. The SMILES string of the molecule is CC(=O)OCC1OC(O)C(NC(=O)c2ccccn2)C(OC(C)=O)C1OC(C)=O. The van der Waals surface area contributed by atoms with Crippen molar-refractivity contribution in [1.29, 1.82) is 0 Å². The normalized spacial score (nSPS) is 26.1. The van der Waals surface area contributed by atoms with E-state index in [1.165, 1.54) is 19.2 Å². The average molecular weight is 410 g/mol. The summed E-state index contributed by atoms with van der Waals surface area (Å²) < 4.78 is 20.7. The van der Waals surface area contributed by atoms with Crippen LogP contribution in [-0.2, 0) is 33.3 Å². The number of amides is 1. The highest BCUT2D eigenvalue weighted by Gasteiger charge is 2.50. The van der Waals surface area contributed by atoms with Gasteiger partial charge in [0.2, 0.25) is 0 Å². The number of aliphatic hydroxyl groups is 1. The summed E-state index contributed by atoms with van der Waals surface area (Å²) in [4.78, 5) is 50.7. The van der Waals surface area contributed by atoms with Gasteiger partial charge in [0.1, 0.15) is 24.4 Å². The number of esters is 3. The van der Waals surface area contributed by atoms with Crippen molar-refractivity contribution in [2.45, 2.75) is 51.4 Å². The van der Waals surface area contributed by atoms with Gasteiger partial charge in [0.25, 0.3) is 5.91 Å². The molecule has 0 bridgehead atoms. The van der Waals surface area contributed by atoms with Crippen LogP contribution in [0.1, 0.15) is 31.3 Å². The molecule has 2 heterocycles. The molecule has 11 heteroatoms. The van der Waals surface area contributed by atoms with Crippen molar-refractivity contribution in [2.75, 3.05) is 6.61 Å². The Balaban J connectivity index is 2.30. The summed E-state index contributed by atoms with van der Waals surface area (Å²) in [5.74, 6) is -2.77. The van der Waals surface area contributed by atoms with Crippen molar-refractivity contribution in [3.05, 3.63) is 30.1 Å². The van der Waals surface area contributed by atoms with E-state index in [0.29, 0.717) is 0 Å². The largest absolute Gasteiger partial charge is 0.463 e. The molecule has 5 atom stereocenters. The van der Waals surface area contributed by atoms with E-state index in [-0.39, 0.29) is 12.3 Å². The molecule has 1 aliphatic heterocycles. The molecule has 0 radical (unpaired) electrons. The zero-order valence-corrected chi connectivity index (χ0v) is 16.1. The Morgan fingerprint density at radius 1 is 1.07 bits per heavy atom. The Morgan fingerprint density at radius 2 is 1.72 bits per heavy atom. The van der Waals surface area contributed by atoms with Crippen molar-refractivity contribution in [2.24, 2.45) is 0 Å². The molecule has 29 heavy (non-hydrogen) atoms. The van der Waals surface area contributed by atoms with Crippen molar-refractivity contribution in [1.82, 2.24) is 10.3 Å². The van der Waals surface area contributed by atoms with Crippen LogP contribution in [0, 0.1) is 0 Å². The monoisotopic (exact) mass is 410 g/mol. The number of nitrogens with one attached hydrogen (secondary N) is 1. The summed E-state index contributed by atoms with van der Waals surface area (Å²) in [5.41, 5.74) is 0.0485. The molecule has 158 valence electrons. The maximum absolute atomic E-state index is 12.5. The number of aromatic nitrogens is 1. The molecule has 1 aromatic heterocycles. The number of carbonyl (C=O) groups is 4. The summed E-state index contributed by atoms with van der Waals surface area (Å²) in [6, 6.07) is 3.37. The topological polar surface area (TPSA) is 150 Å². The molecule has 0 aliphatic carbocycles. The minimum absolute atomic E-state index is 0.0485. The smallest absolute Gasteiger partial charge is 0.303 e. The predicted octanol–water partition coefficient (Wildman–Crippen LogP) is -0.676. The van der Waals surface area contributed by atoms with Crippen LogP contribution in [0.15, 0.2) is 24.4 Å². The van der Waals surface area contributed by atoms with Gasteiger partial charge in [-0.2, -0.15) is 0 Å². The zero-order chi connectivity index (χ0) is 21.6. The lowest BCUT2D eigenvalue weighted by Gasteiger charge is -2.43. The van der Waals surface area contributed by atoms with Crippen molar-refractivity contribution >= 4 is 23.8 Å². The van der Waals surface area contributed by atoms with Gasteiger partial charge in [-0.1, -0.05) is 6.07 Å². The summed E-state index contributed by atoms with van der Waals surface area (Å²) in [6.07, 6.45) is -3.95. The van der Waals surface area contributed by atoms with E-state index in [1.54, 1.807) is 12.1 Å². The van der Waals surface area contributed by atoms with Gasteiger partial charge < -0.3 is 29.4 Å². The molecule has 1 aliphatic rings. The molecule has 0 spiro atoms. The van der Waals surface area contributed by atoms with E-state index >= 15 is 0 Å². The third-order valence-electron chi connectivity index (χ3n) is 3.92. The molecule has 5 unspecified atom stereocenters. The third-order valence-corrected chi connectivity index (χ3v) is 3.92. The molecule has 0 saturated carbocycles. The van der Waals surface area contributed by atoms with Crippen LogP contribution in [0.4, 0.5) is 0 Å². The lowest BCUT2D eigenvalue weighted by molar-refractivity contribution is -0.263. The van der Waals surface area contributed by atoms with Crippen LogP contribution in [0.2, 0.25) is 0 Å². The Labute approximate surface area is 166 Å². The van der Waals surface area contributed by atoms with Crippen LogP contribution < -0.4 is 5.32 Å². The quantitative estimate of drug-likeness (QED) is 0.456. The number of hydrogen-bond donors (Lipinski definition) is 2. The average Bonchev–Trinajstić information content (AvgIpc) is 2.65. The number of pyridine rings is 1. The first kappa shape index (κ1) is 22.2. The Morgan fingerprint density at radius 3 is 2.28 bits per heavy atom. The van der Waals surface area contributed by atoms with Crippen molar-refractivity contribution in [3.8, 4) is 0 Å². The Hall–Kier alpha value is -3.05. The molecule has 11 nitrogen and oxygen atoms in total. The van der Waals surface area contributed by atoms with E-state index < -0.39 is 54.5 Å². The molecule has 0 aromatic carbocycles.